The number of carbonyl (C=O) groups excluding carboxylic acids is 1. The van der Waals surface area contributed by atoms with Crippen LogP contribution in [0.2, 0.25) is 0 Å². The summed E-state index contributed by atoms with van der Waals surface area (Å²) in [6, 6.07) is 20.2. The predicted molar refractivity (Wildman–Crippen MR) is 165 cm³/mol. The van der Waals surface area contributed by atoms with Crippen LogP contribution in [0.15, 0.2) is 86.0 Å². The van der Waals surface area contributed by atoms with E-state index in [1.54, 1.807) is 6.08 Å². The van der Waals surface area contributed by atoms with Gasteiger partial charge in [0.05, 0.1) is 24.4 Å². The summed E-state index contributed by atoms with van der Waals surface area (Å²) in [7, 11) is 0. The average Bonchev–Trinajstić information content (AvgIpc) is 3.01. The van der Waals surface area contributed by atoms with E-state index in [2.05, 4.69) is 32.2 Å². The molecule has 0 saturated carbocycles. The van der Waals surface area contributed by atoms with Crippen molar-refractivity contribution in [2.75, 3.05) is 0 Å². The molecule has 2 aliphatic heterocycles. The van der Waals surface area contributed by atoms with Gasteiger partial charge < -0.3 is 23.7 Å². The van der Waals surface area contributed by atoms with Crippen molar-refractivity contribution in [1.82, 2.24) is 0 Å². The van der Waals surface area contributed by atoms with Gasteiger partial charge in [-0.3, -0.25) is 0 Å². The summed E-state index contributed by atoms with van der Waals surface area (Å²) in [5, 5.41) is 0. The molecule has 0 unspecified atom stereocenters. The number of esters is 1. The van der Waals surface area contributed by atoms with Crippen LogP contribution in [-0.2, 0) is 28.5 Å². The van der Waals surface area contributed by atoms with E-state index >= 15 is 0 Å². The van der Waals surface area contributed by atoms with Crippen LogP contribution >= 0.6 is 0 Å². The second-order valence-electron chi connectivity index (χ2n) is 11.5. The highest BCUT2D eigenvalue weighted by molar-refractivity contribution is 5.81. The molecule has 2 aliphatic rings. The molecule has 2 saturated heterocycles. The minimum absolute atomic E-state index is 0.00710. The Labute approximate surface area is 252 Å². The molecule has 228 valence electrons. The van der Waals surface area contributed by atoms with Crippen molar-refractivity contribution in [3.63, 3.8) is 0 Å². The third-order valence-corrected chi connectivity index (χ3v) is 8.02. The molecule has 4 rings (SSSR count). The molecular weight excluding hydrogens is 528 g/mol. The minimum atomic E-state index is -0.506. The largest absolute Gasteiger partial charge is 0.459 e. The van der Waals surface area contributed by atoms with Crippen LogP contribution in [-0.4, -0.2) is 36.5 Å². The molecule has 0 radical (unpaired) electrons. The van der Waals surface area contributed by atoms with E-state index in [9.17, 15) is 4.79 Å². The number of rotatable bonds is 16. The second kappa shape index (κ2) is 17.4. The summed E-state index contributed by atoms with van der Waals surface area (Å²) >= 11 is 0. The highest BCUT2D eigenvalue weighted by Crippen LogP contribution is 2.38. The van der Waals surface area contributed by atoms with Gasteiger partial charge in [0.25, 0.3) is 0 Å². The molecule has 0 spiro atoms. The lowest BCUT2D eigenvalue weighted by molar-refractivity contribution is -0.279. The molecule has 0 N–H and O–H groups in total. The van der Waals surface area contributed by atoms with Gasteiger partial charge in [0.15, 0.2) is 12.6 Å². The Balaban J connectivity index is 1.46. The molecule has 6 heteroatoms. The van der Waals surface area contributed by atoms with Crippen molar-refractivity contribution in [3.05, 3.63) is 97.1 Å². The van der Waals surface area contributed by atoms with Gasteiger partial charge in [0, 0.05) is 49.3 Å². The summed E-state index contributed by atoms with van der Waals surface area (Å²) in [6.45, 7) is 9.63. The van der Waals surface area contributed by atoms with Gasteiger partial charge in [-0.2, -0.15) is 0 Å². The van der Waals surface area contributed by atoms with E-state index in [0.29, 0.717) is 19.3 Å². The maximum absolute atomic E-state index is 12.0. The Bertz CT molecular complexity index is 1070. The quantitative estimate of drug-likeness (QED) is 0.0864. The molecule has 42 heavy (non-hydrogen) atoms. The molecule has 7 atom stereocenters. The summed E-state index contributed by atoms with van der Waals surface area (Å²) in [4.78, 5) is 12.0. The molecular formula is C36H48O6. The van der Waals surface area contributed by atoms with Crippen molar-refractivity contribution < 1.29 is 28.5 Å². The van der Waals surface area contributed by atoms with Crippen LogP contribution in [0.4, 0.5) is 0 Å². The third-order valence-electron chi connectivity index (χ3n) is 8.02. The van der Waals surface area contributed by atoms with Gasteiger partial charge >= 0.3 is 5.97 Å². The van der Waals surface area contributed by atoms with Gasteiger partial charge in [0.2, 0.25) is 0 Å². The fourth-order valence-electron chi connectivity index (χ4n) is 5.90. The summed E-state index contributed by atoms with van der Waals surface area (Å²) in [6.07, 6.45) is 12.2. The maximum Gasteiger partial charge on any atom is 0.330 e. The van der Waals surface area contributed by atoms with Gasteiger partial charge in [-0.1, -0.05) is 112 Å². The van der Waals surface area contributed by atoms with Crippen molar-refractivity contribution in [1.29, 1.82) is 0 Å². The monoisotopic (exact) mass is 576 g/mol. The maximum atomic E-state index is 12.0. The lowest BCUT2D eigenvalue weighted by Gasteiger charge is -2.41. The Kier molecular flexibility index (Phi) is 13.3. The number of carbonyl (C=O) groups is 1. The fourth-order valence-corrected chi connectivity index (χ4v) is 5.90. The Morgan fingerprint density at radius 1 is 0.810 bits per heavy atom. The summed E-state index contributed by atoms with van der Waals surface area (Å²) in [5.74, 6) is -0.437. The molecule has 0 aliphatic carbocycles. The van der Waals surface area contributed by atoms with Gasteiger partial charge in [0.1, 0.15) is 6.10 Å². The van der Waals surface area contributed by atoms with Crippen LogP contribution in [0, 0.1) is 0 Å². The van der Waals surface area contributed by atoms with E-state index in [-0.39, 0.29) is 36.8 Å². The van der Waals surface area contributed by atoms with Crippen LogP contribution < -0.4 is 0 Å². The highest BCUT2D eigenvalue weighted by Gasteiger charge is 2.37. The van der Waals surface area contributed by atoms with Gasteiger partial charge in [-0.05, 0) is 6.42 Å². The Morgan fingerprint density at radius 2 is 1.36 bits per heavy atom. The first-order valence-electron chi connectivity index (χ1n) is 15.7. The minimum Gasteiger partial charge on any atom is -0.459 e. The number of ether oxygens (including phenoxy) is 5. The standard InChI is InChI=1S/C36H48O6/c1-4-7-8-9-16-22-30-24-32(40-35(39-30)27-18-12-10-13-19-27)26-33-25-31(23-29(17-5-2)38-34(37)6-3)41-36(42-33)28-20-14-11-15-21-28/h5-6,10-15,18-21,29-33,35-36H,2-4,7-9,16-17,22-26H2,1H3/t29-,30+,31-,32+,33-,35+,36-/m0/s1. The second-order valence-corrected chi connectivity index (χ2v) is 11.5. The smallest absolute Gasteiger partial charge is 0.330 e. The van der Waals surface area contributed by atoms with Gasteiger partial charge in [-0.15, -0.1) is 6.58 Å². The molecule has 6 nitrogen and oxygen atoms in total. The number of benzene rings is 2. The Hall–Kier alpha value is -2.77. The van der Waals surface area contributed by atoms with Crippen LogP contribution in [0.25, 0.3) is 0 Å². The molecule has 2 fully saturated rings. The van der Waals surface area contributed by atoms with E-state index in [1.165, 1.54) is 38.2 Å². The fraction of sp³-hybridized carbons (Fsp3) is 0.528. The highest BCUT2D eigenvalue weighted by atomic mass is 16.7. The number of unbranched alkanes of at least 4 members (excludes halogenated alkanes) is 4. The first kappa shape index (κ1) is 32.2. The van der Waals surface area contributed by atoms with E-state index in [4.69, 9.17) is 23.7 Å². The number of hydrogen-bond donors (Lipinski definition) is 0. The molecule has 0 amide bonds. The van der Waals surface area contributed by atoms with Crippen LogP contribution in [0.5, 0.6) is 0 Å². The Morgan fingerprint density at radius 3 is 1.93 bits per heavy atom. The first-order chi connectivity index (χ1) is 20.6. The van der Waals surface area contributed by atoms with Crippen molar-refractivity contribution in [3.8, 4) is 0 Å². The normalized spacial score (nSPS) is 26.7. The molecule has 0 bridgehead atoms. The molecule has 0 aromatic heterocycles. The third kappa shape index (κ3) is 10.2. The van der Waals surface area contributed by atoms with Crippen molar-refractivity contribution in [2.24, 2.45) is 0 Å². The molecule has 2 aromatic rings. The topological polar surface area (TPSA) is 63.2 Å². The first-order valence-corrected chi connectivity index (χ1v) is 15.7. The zero-order valence-electron chi connectivity index (χ0n) is 25.1. The van der Waals surface area contributed by atoms with Crippen LogP contribution in [0.1, 0.15) is 101 Å². The van der Waals surface area contributed by atoms with Crippen molar-refractivity contribution >= 4 is 5.97 Å². The molecule has 2 aromatic carbocycles. The predicted octanol–water partition coefficient (Wildman–Crippen LogP) is 8.55. The zero-order chi connectivity index (χ0) is 29.6. The molecule has 2 heterocycles. The zero-order valence-corrected chi connectivity index (χ0v) is 25.1. The van der Waals surface area contributed by atoms with Gasteiger partial charge in [-0.25, -0.2) is 4.79 Å². The SMILES string of the molecule is C=CC[C@@H](C[C@H]1C[C@@H](C[C@H]2C[C@@H](CCCCCCC)O[C@@H](c3ccccc3)O2)O[C@@H](c2ccccc2)O1)OC(=O)C=C. The number of hydrogen-bond acceptors (Lipinski definition) is 6. The van der Waals surface area contributed by atoms with E-state index < -0.39 is 12.3 Å². The average molecular weight is 577 g/mol. The summed E-state index contributed by atoms with van der Waals surface area (Å²) < 4.78 is 31.7. The lowest BCUT2D eigenvalue weighted by atomic mass is 9.94. The van der Waals surface area contributed by atoms with E-state index in [1.807, 2.05) is 48.5 Å². The van der Waals surface area contributed by atoms with Crippen molar-refractivity contribution in [2.45, 2.75) is 121 Å². The summed E-state index contributed by atoms with van der Waals surface area (Å²) in [5.41, 5.74) is 2.01. The van der Waals surface area contributed by atoms with E-state index in [0.717, 1.165) is 30.4 Å². The van der Waals surface area contributed by atoms with Crippen LogP contribution in [0.3, 0.4) is 0 Å². The lowest BCUT2D eigenvalue weighted by Crippen LogP contribution is -2.41.